The number of methoxy groups -OCH3 is 1. The van der Waals surface area contributed by atoms with E-state index in [0.717, 1.165) is 34.5 Å². The second kappa shape index (κ2) is 8.78. The topological polar surface area (TPSA) is 72.0 Å². The number of fused-ring (bicyclic) bond motifs is 1. The first kappa shape index (κ1) is 20.8. The molecule has 2 saturated heterocycles. The van der Waals surface area contributed by atoms with Gasteiger partial charge in [-0.05, 0) is 30.3 Å². The van der Waals surface area contributed by atoms with Crippen LogP contribution in [0.15, 0.2) is 48.5 Å². The molecule has 2 amide bonds. The molecule has 2 aliphatic rings. The third kappa shape index (κ3) is 4.14. The van der Waals surface area contributed by atoms with Gasteiger partial charge in [0.2, 0.25) is 11.8 Å². The van der Waals surface area contributed by atoms with E-state index in [4.69, 9.17) is 9.47 Å². The van der Waals surface area contributed by atoms with E-state index >= 15 is 0 Å². The van der Waals surface area contributed by atoms with Crippen molar-refractivity contribution in [1.29, 1.82) is 0 Å². The normalized spacial score (nSPS) is 19.5. The molecule has 2 aliphatic heterocycles. The van der Waals surface area contributed by atoms with Gasteiger partial charge < -0.3 is 19.3 Å². The fourth-order valence-corrected chi connectivity index (χ4v) is 5.30. The highest BCUT2D eigenvalue weighted by molar-refractivity contribution is 7.20. The quantitative estimate of drug-likeness (QED) is 0.591. The van der Waals surface area contributed by atoms with Crippen LogP contribution in [0.3, 0.4) is 0 Å². The fourth-order valence-electron chi connectivity index (χ4n) is 4.39. The summed E-state index contributed by atoms with van der Waals surface area (Å²) < 4.78 is 12.4. The minimum absolute atomic E-state index is 0.0141. The van der Waals surface area contributed by atoms with Crippen LogP contribution in [-0.4, -0.2) is 54.5 Å². The van der Waals surface area contributed by atoms with Crippen LogP contribution >= 0.6 is 11.3 Å². The van der Waals surface area contributed by atoms with Crippen LogP contribution in [-0.2, 0) is 9.59 Å². The lowest BCUT2D eigenvalue weighted by atomic mass is 10.0. The number of thiazole rings is 1. The standard InChI is InChI=1S/C24H25N3O4S/c1-30-19-7-8-20-21(14-19)32-24(25-20)31-18-9-11-26(12-10-18)23(29)16-13-22(28)27(15-16)17-5-3-2-4-6-17/h2-8,14,16,18H,9-13,15H2,1H3. The third-order valence-corrected chi connectivity index (χ3v) is 7.05. The minimum Gasteiger partial charge on any atom is -0.497 e. The largest absolute Gasteiger partial charge is 0.497 e. The molecule has 8 heteroatoms. The van der Waals surface area contributed by atoms with Gasteiger partial charge in [0.15, 0.2) is 0 Å². The number of likely N-dealkylation sites (tertiary alicyclic amines) is 1. The summed E-state index contributed by atoms with van der Waals surface area (Å²) in [6.07, 6.45) is 1.83. The van der Waals surface area contributed by atoms with Crippen LogP contribution in [0.1, 0.15) is 19.3 Å². The number of ether oxygens (including phenoxy) is 2. The number of aromatic nitrogens is 1. The Labute approximate surface area is 190 Å². The molecule has 1 unspecified atom stereocenters. The molecule has 2 aromatic carbocycles. The van der Waals surface area contributed by atoms with Gasteiger partial charge in [0.05, 0.1) is 23.2 Å². The molecule has 166 valence electrons. The predicted octanol–water partition coefficient (Wildman–Crippen LogP) is 3.73. The third-order valence-electron chi connectivity index (χ3n) is 6.14. The molecule has 0 saturated carbocycles. The smallest absolute Gasteiger partial charge is 0.274 e. The Hall–Kier alpha value is -3.13. The minimum atomic E-state index is -0.278. The Kier molecular flexibility index (Phi) is 5.70. The Morgan fingerprint density at radius 3 is 2.66 bits per heavy atom. The van der Waals surface area contributed by atoms with Gasteiger partial charge in [0.25, 0.3) is 5.19 Å². The summed E-state index contributed by atoms with van der Waals surface area (Å²) in [5.74, 6) is 0.609. The molecule has 3 aromatic rings. The summed E-state index contributed by atoms with van der Waals surface area (Å²) in [6, 6.07) is 15.3. The molecular weight excluding hydrogens is 426 g/mol. The van der Waals surface area contributed by atoms with Crippen molar-refractivity contribution >= 4 is 39.1 Å². The fraction of sp³-hybridized carbons (Fsp3) is 0.375. The van der Waals surface area contributed by atoms with Gasteiger partial charge in [-0.1, -0.05) is 29.5 Å². The van der Waals surface area contributed by atoms with Crippen molar-refractivity contribution in [3.63, 3.8) is 0 Å². The molecule has 2 fully saturated rings. The number of anilines is 1. The van der Waals surface area contributed by atoms with Gasteiger partial charge in [0.1, 0.15) is 11.9 Å². The van der Waals surface area contributed by atoms with Gasteiger partial charge >= 0.3 is 0 Å². The van der Waals surface area contributed by atoms with E-state index in [1.165, 1.54) is 11.3 Å². The average Bonchev–Trinajstić information content (AvgIpc) is 3.41. The van der Waals surface area contributed by atoms with Crippen molar-refractivity contribution in [2.75, 3.05) is 31.6 Å². The van der Waals surface area contributed by atoms with Crippen molar-refractivity contribution < 1.29 is 19.1 Å². The van der Waals surface area contributed by atoms with Gasteiger partial charge in [-0.3, -0.25) is 9.59 Å². The zero-order chi connectivity index (χ0) is 22.1. The Balaban J connectivity index is 1.16. The lowest BCUT2D eigenvalue weighted by molar-refractivity contribution is -0.137. The van der Waals surface area contributed by atoms with Gasteiger partial charge in [-0.25, -0.2) is 4.98 Å². The number of carbonyl (C=O) groups is 2. The number of benzene rings is 2. The first-order valence-corrected chi connectivity index (χ1v) is 11.7. The van der Waals surface area contributed by atoms with Crippen molar-refractivity contribution in [3.8, 4) is 10.9 Å². The SMILES string of the molecule is COc1ccc2nc(OC3CCN(C(=O)C4CC(=O)N(c5ccccc5)C4)CC3)sc2c1. The Morgan fingerprint density at radius 1 is 1.12 bits per heavy atom. The molecule has 0 spiro atoms. The lowest BCUT2D eigenvalue weighted by Gasteiger charge is -2.33. The first-order valence-electron chi connectivity index (χ1n) is 10.9. The summed E-state index contributed by atoms with van der Waals surface area (Å²) in [7, 11) is 1.65. The van der Waals surface area contributed by atoms with Crippen molar-refractivity contribution in [2.45, 2.75) is 25.4 Å². The van der Waals surface area contributed by atoms with E-state index in [1.807, 2.05) is 53.4 Å². The highest BCUT2D eigenvalue weighted by Gasteiger charge is 2.38. The highest BCUT2D eigenvalue weighted by atomic mass is 32.1. The van der Waals surface area contributed by atoms with E-state index in [0.29, 0.717) is 24.8 Å². The molecule has 32 heavy (non-hydrogen) atoms. The van der Waals surface area contributed by atoms with E-state index < -0.39 is 0 Å². The van der Waals surface area contributed by atoms with Gasteiger partial charge in [0, 0.05) is 44.6 Å². The van der Waals surface area contributed by atoms with Gasteiger partial charge in [-0.15, -0.1) is 0 Å². The van der Waals surface area contributed by atoms with Crippen molar-refractivity contribution in [2.24, 2.45) is 5.92 Å². The number of nitrogens with zero attached hydrogens (tertiary/aromatic N) is 3. The van der Waals surface area contributed by atoms with Crippen LogP contribution in [0.25, 0.3) is 10.2 Å². The number of para-hydroxylation sites is 1. The van der Waals surface area contributed by atoms with Crippen molar-refractivity contribution in [3.05, 3.63) is 48.5 Å². The summed E-state index contributed by atoms with van der Waals surface area (Å²) in [6.45, 7) is 1.73. The van der Waals surface area contributed by atoms with Crippen LogP contribution in [0.5, 0.6) is 10.9 Å². The maximum Gasteiger partial charge on any atom is 0.274 e. The maximum atomic E-state index is 13.0. The molecule has 7 nitrogen and oxygen atoms in total. The molecule has 1 atom stereocenters. The molecule has 1 aromatic heterocycles. The number of amides is 2. The van der Waals surface area contributed by atoms with Crippen LogP contribution in [0, 0.1) is 5.92 Å². The van der Waals surface area contributed by atoms with Crippen LogP contribution in [0.2, 0.25) is 0 Å². The van der Waals surface area contributed by atoms with Gasteiger partial charge in [-0.2, -0.15) is 0 Å². The average molecular weight is 452 g/mol. The summed E-state index contributed by atoms with van der Waals surface area (Å²) in [5, 5.41) is 0.651. The zero-order valence-corrected chi connectivity index (χ0v) is 18.7. The van der Waals surface area contributed by atoms with E-state index in [-0.39, 0.29) is 30.3 Å². The van der Waals surface area contributed by atoms with E-state index in [1.54, 1.807) is 12.0 Å². The molecule has 3 heterocycles. The monoisotopic (exact) mass is 451 g/mol. The molecule has 5 rings (SSSR count). The van der Waals surface area contributed by atoms with Crippen molar-refractivity contribution in [1.82, 2.24) is 9.88 Å². The Morgan fingerprint density at radius 2 is 1.91 bits per heavy atom. The summed E-state index contributed by atoms with van der Waals surface area (Å²) in [5.41, 5.74) is 1.75. The van der Waals surface area contributed by atoms with E-state index in [2.05, 4.69) is 4.98 Å². The van der Waals surface area contributed by atoms with Crippen LogP contribution in [0.4, 0.5) is 5.69 Å². The summed E-state index contributed by atoms with van der Waals surface area (Å²) >= 11 is 1.51. The lowest BCUT2D eigenvalue weighted by Crippen LogP contribution is -2.44. The second-order valence-electron chi connectivity index (χ2n) is 8.20. The number of hydrogen-bond donors (Lipinski definition) is 0. The number of piperidine rings is 1. The molecule has 0 radical (unpaired) electrons. The molecular formula is C24H25N3O4S. The molecule has 0 aliphatic carbocycles. The highest BCUT2D eigenvalue weighted by Crippen LogP contribution is 2.33. The zero-order valence-electron chi connectivity index (χ0n) is 17.9. The molecule has 0 bridgehead atoms. The first-order chi connectivity index (χ1) is 15.6. The molecule has 0 N–H and O–H groups in total. The van der Waals surface area contributed by atoms with Crippen LogP contribution < -0.4 is 14.4 Å². The van der Waals surface area contributed by atoms with E-state index in [9.17, 15) is 9.59 Å². The number of carbonyl (C=O) groups excluding carboxylic acids is 2. The predicted molar refractivity (Wildman–Crippen MR) is 123 cm³/mol. The number of rotatable bonds is 5. The summed E-state index contributed by atoms with van der Waals surface area (Å²) in [4.78, 5) is 33.7. The number of hydrogen-bond acceptors (Lipinski definition) is 6. The maximum absolute atomic E-state index is 13.0. The Bertz CT molecular complexity index is 1120. The second-order valence-corrected chi connectivity index (χ2v) is 9.19.